The third-order valence-electron chi connectivity index (χ3n) is 4.96. The number of hydrogen-bond donors (Lipinski definition) is 2. The Hall–Kier alpha value is -2.74. The van der Waals surface area contributed by atoms with Crippen LogP contribution in [0.25, 0.3) is 0 Å². The van der Waals surface area contributed by atoms with Crippen molar-refractivity contribution in [3.63, 3.8) is 0 Å². The van der Waals surface area contributed by atoms with E-state index in [4.69, 9.17) is 14.7 Å². The van der Waals surface area contributed by atoms with Crippen LogP contribution in [0.15, 0.2) is 29.7 Å². The standard InChI is InChI=1S/C18H26N4O4S.C2HF3O2/c1-14(2)12-27(24,25)22-8-4-6-18(13-22)9-16(21-26-18)17(23)20-11-15-5-3-7-19-10-15;3-2(4,5)1(6)7/h3,5,7,10,14H,4,6,8-9,11-13H2,1-2H3,(H,20,23);(H,6,7). The first kappa shape index (κ1) is 27.5. The molecule has 1 aromatic heterocycles. The maximum absolute atomic E-state index is 12.6. The molecule has 34 heavy (non-hydrogen) atoms. The van der Waals surface area contributed by atoms with Gasteiger partial charge >= 0.3 is 12.1 Å². The zero-order valence-electron chi connectivity index (χ0n) is 18.7. The SMILES string of the molecule is CC(C)CS(=O)(=O)N1CCCC2(CC(C(=O)NCc3cccnc3)=NO2)C1.O=C(O)C(F)(F)F. The number of oxime groups is 1. The number of pyridine rings is 1. The van der Waals surface area contributed by atoms with E-state index >= 15 is 0 Å². The quantitative estimate of drug-likeness (QED) is 0.599. The fourth-order valence-electron chi connectivity index (χ4n) is 3.47. The summed E-state index contributed by atoms with van der Waals surface area (Å²) in [5, 5.41) is 13.9. The Kier molecular flexibility index (Phi) is 9.00. The number of aromatic nitrogens is 1. The second-order valence-corrected chi connectivity index (χ2v) is 10.5. The van der Waals surface area contributed by atoms with Gasteiger partial charge < -0.3 is 15.3 Å². The van der Waals surface area contributed by atoms with E-state index in [-0.39, 0.29) is 24.1 Å². The summed E-state index contributed by atoms with van der Waals surface area (Å²) in [5.74, 6) is -2.88. The predicted molar refractivity (Wildman–Crippen MR) is 115 cm³/mol. The molecule has 0 saturated carbocycles. The Morgan fingerprint density at radius 3 is 2.59 bits per heavy atom. The van der Waals surface area contributed by atoms with Gasteiger partial charge in [-0.2, -0.15) is 17.5 Å². The summed E-state index contributed by atoms with van der Waals surface area (Å²) in [5.41, 5.74) is 0.467. The highest BCUT2D eigenvalue weighted by molar-refractivity contribution is 7.89. The van der Waals surface area contributed by atoms with Gasteiger partial charge in [-0.1, -0.05) is 25.1 Å². The number of hydrogen-bond acceptors (Lipinski definition) is 7. The van der Waals surface area contributed by atoms with Crippen LogP contribution in [0.3, 0.4) is 0 Å². The summed E-state index contributed by atoms with van der Waals surface area (Å²) in [6, 6.07) is 3.68. The number of halogens is 3. The zero-order valence-corrected chi connectivity index (χ0v) is 19.5. The molecule has 0 aromatic carbocycles. The first-order valence-corrected chi connectivity index (χ1v) is 12.0. The Morgan fingerprint density at radius 1 is 1.35 bits per heavy atom. The van der Waals surface area contributed by atoms with E-state index in [1.54, 1.807) is 18.5 Å². The Bertz CT molecular complexity index is 1000. The Balaban J connectivity index is 0.000000509. The van der Waals surface area contributed by atoms with Gasteiger partial charge in [-0.3, -0.25) is 9.78 Å². The van der Waals surface area contributed by atoms with Crippen LogP contribution in [0.5, 0.6) is 0 Å². The molecule has 0 bridgehead atoms. The molecule has 1 fully saturated rings. The molecule has 1 amide bonds. The third-order valence-corrected chi connectivity index (χ3v) is 7.15. The smallest absolute Gasteiger partial charge is 0.475 e. The van der Waals surface area contributed by atoms with Gasteiger partial charge in [-0.05, 0) is 30.4 Å². The van der Waals surface area contributed by atoms with Crippen molar-refractivity contribution < 1.29 is 41.1 Å². The van der Waals surface area contributed by atoms with Gasteiger partial charge in [0.05, 0.1) is 12.3 Å². The van der Waals surface area contributed by atoms with Crippen molar-refractivity contribution in [1.82, 2.24) is 14.6 Å². The lowest BCUT2D eigenvalue weighted by Crippen LogP contribution is -2.51. The molecular formula is C20H27F3N4O6S. The first-order valence-electron chi connectivity index (χ1n) is 10.4. The molecule has 10 nitrogen and oxygen atoms in total. The fraction of sp³-hybridized carbons (Fsp3) is 0.600. The Labute approximate surface area is 195 Å². The normalized spacial score (nSPS) is 20.8. The van der Waals surface area contributed by atoms with Gasteiger partial charge in [0.15, 0.2) is 5.60 Å². The molecule has 0 aliphatic carbocycles. The topological polar surface area (TPSA) is 138 Å². The molecule has 0 radical (unpaired) electrons. The molecule has 3 heterocycles. The lowest BCUT2D eigenvalue weighted by molar-refractivity contribution is -0.192. The van der Waals surface area contributed by atoms with Crippen molar-refractivity contribution in [3.8, 4) is 0 Å². The van der Waals surface area contributed by atoms with Gasteiger partial charge in [0, 0.05) is 31.9 Å². The maximum atomic E-state index is 12.6. The lowest BCUT2D eigenvalue weighted by atomic mass is 9.89. The van der Waals surface area contributed by atoms with Crippen LogP contribution in [0.1, 0.15) is 38.7 Å². The minimum Gasteiger partial charge on any atom is -0.475 e. The second kappa shape index (κ2) is 11.1. The largest absolute Gasteiger partial charge is 0.490 e. The molecule has 1 atom stereocenters. The number of carboxylic acids is 1. The van der Waals surface area contributed by atoms with Crippen LogP contribution in [0, 0.1) is 5.92 Å². The number of nitrogens with one attached hydrogen (secondary N) is 1. The summed E-state index contributed by atoms with van der Waals surface area (Å²) in [6.07, 6.45) is -0.0277. The van der Waals surface area contributed by atoms with E-state index in [1.165, 1.54) is 4.31 Å². The zero-order chi connectivity index (χ0) is 25.6. The average molecular weight is 509 g/mol. The van der Waals surface area contributed by atoms with Crippen molar-refractivity contribution in [1.29, 1.82) is 0 Å². The van der Waals surface area contributed by atoms with Crippen LogP contribution in [0.2, 0.25) is 0 Å². The number of rotatable bonds is 6. The monoisotopic (exact) mass is 508 g/mol. The summed E-state index contributed by atoms with van der Waals surface area (Å²) in [4.78, 5) is 30.9. The molecule has 2 aliphatic heterocycles. The highest BCUT2D eigenvalue weighted by atomic mass is 32.2. The van der Waals surface area contributed by atoms with Crippen LogP contribution in [-0.2, 0) is 31.0 Å². The van der Waals surface area contributed by atoms with Crippen molar-refractivity contribution in [2.24, 2.45) is 11.1 Å². The van der Waals surface area contributed by atoms with Gasteiger partial charge in [-0.15, -0.1) is 0 Å². The van der Waals surface area contributed by atoms with Crippen LogP contribution in [0.4, 0.5) is 13.2 Å². The van der Waals surface area contributed by atoms with Gasteiger partial charge in [0.25, 0.3) is 5.91 Å². The van der Waals surface area contributed by atoms with Crippen LogP contribution in [-0.4, -0.2) is 71.0 Å². The number of aliphatic carboxylic acids is 1. The first-order chi connectivity index (χ1) is 15.7. The number of sulfonamides is 1. The van der Waals surface area contributed by atoms with E-state index in [1.807, 2.05) is 19.9 Å². The maximum Gasteiger partial charge on any atom is 0.490 e. The number of piperidine rings is 1. The summed E-state index contributed by atoms with van der Waals surface area (Å²) >= 11 is 0. The van der Waals surface area contributed by atoms with Crippen molar-refractivity contribution in [2.45, 2.75) is 51.4 Å². The van der Waals surface area contributed by atoms with Gasteiger partial charge in [0.2, 0.25) is 10.0 Å². The van der Waals surface area contributed by atoms with Crippen LogP contribution >= 0.6 is 0 Å². The highest BCUT2D eigenvalue weighted by Gasteiger charge is 2.47. The van der Waals surface area contributed by atoms with E-state index in [2.05, 4.69) is 15.5 Å². The number of nitrogens with zero attached hydrogens (tertiary/aromatic N) is 3. The fourth-order valence-corrected chi connectivity index (χ4v) is 5.36. The van der Waals surface area contributed by atoms with E-state index in [9.17, 15) is 26.4 Å². The number of amides is 1. The minimum absolute atomic E-state index is 0.0578. The van der Waals surface area contributed by atoms with Crippen molar-refractivity contribution >= 4 is 27.6 Å². The summed E-state index contributed by atoms with van der Waals surface area (Å²) < 4.78 is 58.3. The van der Waals surface area contributed by atoms with E-state index in [0.29, 0.717) is 38.1 Å². The number of carbonyl (C=O) groups is 2. The van der Waals surface area contributed by atoms with E-state index in [0.717, 1.165) is 5.56 Å². The molecule has 190 valence electrons. The molecule has 3 rings (SSSR count). The summed E-state index contributed by atoms with van der Waals surface area (Å²) in [6.45, 7) is 4.86. The second-order valence-electron chi connectivity index (χ2n) is 8.45. The molecule has 1 spiro atoms. The Morgan fingerprint density at radius 2 is 2.03 bits per heavy atom. The van der Waals surface area contributed by atoms with Crippen molar-refractivity contribution in [2.75, 3.05) is 18.8 Å². The molecule has 2 aliphatic rings. The van der Waals surface area contributed by atoms with Gasteiger partial charge in [-0.25, -0.2) is 13.2 Å². The third kappa shape index (κ3) is 7.94. The number of carbonyl (C=O) groups excluding carboxylic acids is 1. The lowest BCUT2D eigenvalue weighted by Gasteiger charge is -2.37. The van der Waals surface area contributed by atoms with Crippen LogP contribution < -0.4 is 5.32 Å². The molecule has 14 heteroatoms. The predicted octanol–water partition coefficient (Wildman–Crippen LogP) is 1.93. The summed E-state index contributed by atoms with van der Waals surface area (Å²) in [7, 11) is -3.34. The molecule has 1 unspecified atom stereocenters. The molecular weight excluding hydrogens is 481 g/mol. The molecule has 1 saturated heterocycles. The molecule has 2 N–H and O–H groups in total. The average Bonchev–Trinajstić information content (AvgIpc) is 3.15. The highest BCUT2D eigenvalue weighted by Crippen LogP contribution is 2.34. The van der Waals surface area contributed by atoms with Crippen molar-refractivity contribution in [3.05, 3.63) is 30.1 Å². The molecule has 1 aromatic rings. The number of carboxylic acid groups (broad SMARTS) is 1. The van der Waals surface area contributed by atoms with E-state index < -0.39 is 27.8 Å². The minimum atomic E-state index is -5.08. The number of alkyl halides is 3. The van der Waals surface area contributed by atoms with Gasteiger partial charge in [0.1, 0.15) is 5.71 Å².